The van der Waals surface area contributed by atoms with Crippen molar-refractivity contribution < 1.29 is 9.18 Å². The number of ketones is 1. The van der Waals surface area contributed by atoms with Crippen molar-refractivity contribution in [2.45, 2.75) is 72.3 Å². The summed E-state index contributed by atoms with van der Waals surface area (Å²) >= 11 is 0. The number of hydrogen-bond donors (Lipinski definition) is 0. The third kappa shape index (κ3) is 2.67. The van der Waals surface area contributed by atoms with Gasteiger partial charge in [0.15, 0.2) is 11.6 Å². The molecule has 0 aliphatic heterocycles. The minimum Gasteiger partial charge on any atom is -0.297 e. The molecule has 0 aromatic carbocycles. The van der Waals surface area contributed by atoms with Gasteiger partial charge in [-0.3, -0.25) is 9.48 Å². The van der Waals surface area contributed by atoms with Crippen molar-refractivity contribution in [3.05, 3.63) is 18.2 Å². The second-order valence-electron chi connectivity index (χ2n) is 12.1. The first-order valence-corrected chi connectivity index (χ1v) is 12.6. The lowest BCUT2D eigenvalue weighted by Gasteiger charge is -2.57. The maximum absolute atomic E-state index is 13.5. The van der Waals surface area contributed by atoms with E-state index in [1.54, 1.807) is 0 Å². The van der Waals surface area contributed by atoms with Crippen LogP contribution in [0.1, 0.15) is 65.7 Å². The molecule has 5 saturated carbocycles. The molecule has 1 aromatic rings. The van der Waals surface area contributed by atoms with Gasteiger partial charge in [-0.1, -0.05) is 27.2 Å². The number of carbonyl (C=O) groups excluding carboxylic acids is 1. The van der Waals surface area contributed by atoms with E-state index in [2.05, 4.69) is 25.9 Å². The molecule has 0 bridgehead atoms. The van der Waals surface area contributed by atoms with Gasteiger partial charge in [-0.2, -0.15) is 5.10 Å². The van der Waals surface area contributed by atoms with E-state index >= 15 is 0 Å². The highest BCUT2D eigenvalue weighted by atomic mass is 19.1. The number of carbonyl (C=O) groups is 1. The molecule has 5 fully saturated rings. The van der Waals surface area contributed by atoms with Crippen LogP contribution in [0.25, 0.3) is 0 Å². The highest BCUT2D eigenvalue weighted by Gasteiger charge is 2.73. The van der Waals surface area contributed by atoms with E-state index in [9.17, 15) is 9.18 Å². The SMILES string of the molecule is C[C@H]1CC[C@@H]2C3CC[C@@]4(C)C([C@@H]3CC[C@@H]2C1)[C@@H]1[C@H](C)[C@@H]1[C@@H]4C(=O)Cn1cc(F)cn1. The van der Waals surface area contributed by atoms with Gasteiger partial charge in [-0.15, -0.1) is 0 Å². The van der Waals surface area contributed by atoms with Gasteiger partial charge in [-0.05, 0) is 97.2 Å². The van der Waals surface area contributed by atoms with E-state index < -0.39 is 0 Å². The van der Waals surface area contributed by atoms with Gasteiger partial charge in [0.05, 0.1) is 18.9 Å². The molecule has 30 heavy (non-hydrogen) atoms. The molecule has 4 heteroatoms. The Hall–Kier alpha value is -1.19. The first kappa shape index (κ1) is 19.5. The number of aromatic nitrogens is 2. The third-order valence-corrected chi connectivity index (χ3v) is 10.8. The Bertz CT molecular complexity index is 850. The topological polar surface area (TPSA) is 34.9 Å². The van der Waals surface area contributed by atoms with Gasteiger partial charge in [0.2, 0.25) is 0 Å². The maximum atomic E-state index is 13.5. The molecular weight excluding hydrogens is 375 g/mol. The summed E-state index contributed by atoms with van der Waals surface area (Å²) < 4.78 is 14.9. The molecule has 5 aliphatic carbocycles. The summed E-state index contributed by atoms with van der Waals surface area (Å²) in [4.78, 5) is 13.5. The fourth-order valence-electron chi connectivity index (χ4n) is 9.77. The number of rotatable bonds is 3. The Morgan fingerprint density at radius 2 is 1.93 bits per heavy atom. The Morgan fingerprint density at radius 1 is 1.13 bits per heavy atom. The van der Waals surface area contributed by atoms with Gasteiger partial charge in [0.1, 0.15) is 0 Å². The van der Waals surface area contributed by atoms with Crippen molar-refractivity contribution in [3.63, 3.8) is 0 Å². The summed E-state index contributed by atoms with van der Waals surface area (Å²) in [5, 5.41) is 4.05. The van der Waals surface area contributed by atoms with E-state index in [-0.39, 0.29) is 23.7 Å². The van der Waals surface area contributed by atoms with Crippen molar-refractivity contribution in [1.29, 1.82) is 0 Å². The first-order valence-electron chi connectivity index (χ1n) is 12.6. The summed E-state index contributed by atoms with van der Waals surface area (Å²) in [5.74, 6) is 7.46. The highest BCUT2D eigenvalue weighted by molar-refractivity contribution is 5.83. The second kappa shape index (κ2) is 6.65. The molecule has 5 aliphatic rings. The summed E-state index contributed by atoms with van der Waals surface area (Å²) in [7, 11) is 0. The van der Waals surface area contributed by atoms with E-state index in [1.165, 1.54) is 62.0 Å². The van der Waals surface area contributed by atoms with E-state index in [4.69, 9.17) is 0 Å². The van der Waals surface area contributed by atoms with Crippen LogP contribution in [0.5, 0.6) is 0 Å². The molecule has 1 heterocycles. The lowest BCUT2D eigenvalue weighted by atomic mass is 9.47. The van der Waals surface area contributed by atoms with Crippen LogP contribution < -0.4 is 0 Å². The fraction of sp³-hybridized carbons (Fsp3) is 0.846. The number of nitrogens with zero attached hydrogens (tertiary/aromatic N) is 2. The summed E-state index contributed by atoms with van der Waals surface area (Å²) in [6, 6.07) is 0. The first-order chi connectivity index (χ1) is 14.4. The van der Waals surface area contributed by atoms with Crippen LogP contribution in [0, 0.1) is 70.4 Å². The third-order valence-electron chi connectivity index (χ3n) is 10.8. The quantitative estimate of drug-likeness (QED) is 0.648. The minimum absolute atomic E-state index is 0.153. The Labute approximate surface area is 180 Å². The smallest absolute Gasteiger partial charge is 0.161 e. The predicted molar refractivity (Wildman–Crippen MR) is 114 cm³/mol. The van der Waals surface area contributed by atoms with E-state index in [0.29, 0.717) is 17.6 Å². The highest BCUT2D eigenvalue weighted by Crippen LogP contribution is 2.76. The molecule has 1 aromatic heterocycles. The van der Waals surface area contributed by atoms with Crippen molar-refractivity contribution in [1.82, 2.24) is 9.78 Å². The normalized spacial score (nSPS) is 51.5. The molecule has 2 unspecified atom stereocenters. The van der Waals surface area contributed by atoms with Crippen molar-refractivity contribution in [3.8, 4) is 0 Å². The van der Waals surface area contributed by atoms with Gasteiger partial charge >= 0.3 is 0 Å². The molecule has 0 N–H and O–H groups in total. The molecule has 0 amide bonds. The molecule has 6 rings (SSSR count). The Balaban J connectivity index is 1.27. The van der Waals surface area contributed by atoms with Gasteiger partial charge in [-0.25, -0.2) is 4.39 Å². The van der Waals surface area contributed by atoms with Crippen molar-refractivity contribution in [2.24, 2.45) is 64.6 Å². The molecule has 11 atom stereocenters. The fourth-order valence-corrected chi connectivity index (χ4v) is 9.77. The van der Waals surface area contributed by atoms with Crippen LogP contribution in [0.15, 0.2) is 12.4 Å². The monoisotopic (exact) mass is 412 g/mol. The van der Waals surface area contributed by atoms with Crippen molar-refractivity contribution in [2.75, 3.05) is 0 Å². The number of hydrogen-bond acceptors (Lipinski definition) is 2. The number of fused-ring (bicyclic) bond motifs is 7. The summed E-state index contributed by atoms with van der Waals surface area (Å²) in [6.45, 7) is 7.53. The molecule has 3 nitrogen and oxygen atoms in total. The van der Waals surface area contributed by atoms with Crippen LogP contribution in [0.4, 0.5) is 4.39 Å². The standard InChI is InChI=1S/C26H37FN2O/c1-14-4-6-18-16(10-14)5-7-20-19(18)8-9-26(3)24(20)22-15(2)23(22)25(26)21(30)13-29-12-17(27)11-28-29/h11-12,14-16,18-20,22-25H,4-10,13H2,1-3H3/t14-,15-,16+,18-,19?,20+,22+,23-,24?,25-,26-/m0/s1. The zero-order valence-corrected chi connectivity index (χ0v) is 18.8. The van der Waals surface area contributed by atoms with Crippen LogP contribution >= 0.6 is 0 Å². The van der Waals surface area contributed by atoms with Gasteiger partial charge in [0.25, 0.3) is 0 Å². The molecule has 164 valence electrons. The lowest BCUT2D eigenvalue weighted by molar-refractivity contribution is -0.135. The van der Waals surface area contributed by atoms with Crippen LogP contribution in [-0.2, 0) is 11.3 Å². The zero-order chi connectivity index (χ0) is 20.8. The van der Waals surface area contributed by atoms with Crippen molar-refractivity contribution >= 4 is 5.78 Å². The molecule has 0 saturated heterocycles. The lowest BCUT2D eigenvalue weighted by Crippen LogP contribution is -2.51. The Kier molecular flexibility index (Phi) is 4.32. The number of halogens is 1. The van der Waals surface area contributed by atoms with Gasteiger partial charge < -0.3 is 0 Å². The zero-order valence-electron chi connectivity index (χ0n) is 18.8. The largest absolute Gasteiger partial charge is 0.297 e. The summed E-state index contributed by atoms with van der Waals surface area (Å²) in [5.41, 5.74) is 0.153. The average Bonchev–Trinajstić information content (AvgIpc) is 3.04. The molecular formula is C26H37FN2O. The summed E-state index contributed by atoms with van der Waals surface area (Å²) in [6.07, 6.45) is 12.3. The molecule has 0 radical (unpaired) electrons. The van der Waals surface area contributed by atoms with Gasteiger partial charge in [0, 0.05) is 5.92 Å². The van der Waals surface area contributed by atoms with E-state index in [1.807, 2.05) is 0 Å². The second-order valence-corrected chi connectivity index (χ2v) is 12.1. The minimum atomic E-state index is -0.352. The Morgan fingerprint density at radius 3 is 2.70 bits per heavy atom. The van der Waals surface area contributed by atoms with Crippen LogP contribution in [-0.4, -0.2) is 15.6 Å². The van der Waals surface area contributed by atoms with Crippen LogP contribution in [0.3, 0.4) is 0 Å². The average molecular weight is 413 g/mol. The van der Waals surface area contributed by atoms with E-state index in [0.717, 1.165) is 41.4 Å². The van der Waals surface area contributed by atoms with Crippen LogP contribution in [0.2, 0.25) is 0 Å². The maximum Gasteiger partial charge on any atom is 0.161 e. The molecule has 0 spiro atoms. The predicted octanol–water partition coefficient (Wildman–Crippen LogP) is 5.60. The number of Topliss-reactive ketones (excluding diaryl/α,β-unsaturated/α-hetero) is 1.